The second-order valence-electron chi connectivity index (χ2n) is 5.73. The molecule has 0 aliphatic rings. The molecule has 0 heterocycles. The first-order chi connectivity index (χ1) is 12.6. The van der Waals surface area contributed by atoms with Crippen LogP contribution in [0.4, 0.5) is 0 Å². The van der Waals surface area contributed by atoms with E-state index in [4.69, 9.17) is 26.8 Å². The summed E-state index contributed by atoms with van der Waals surface area (Å²) in [7, 11) is 1.63. The molecule has 3 aromatic rings. The molecular formula is C21H18ClNO3. The molecule has 0 aliphatic heterocycles. The Kier molecular flexibility index (Phi) is 5.44. The minimum Gasteiger partial charge on any atom is -0.496 e. The van der Waals surface area contributed by atoms with E-state index in [1.807, 2.05) is 42.5 Å². The third-order valence-corrected chi connectivity index (χ3v) is 4.16. The Morgan fingerprint density at radius 3 is 2.58 bits per heavy atom. The molecule has 1 amide bonds. The van der Waals surface area contributed by atoms with Crippen molar-refractivity contribution in [1.29, 1.82) is 0 Å². The van der Waals surface area contributed by atoms with E-state index in [9.17, 15) is 4.79 Å². The number of hydrogen-bond donors (Lipinski definition) is 1. The summed E-state index contributed by atoms with van der Waals surface area (Å²) in [6, 6.07) is 20.2. The van der Waals surface area contributed by atoms with Crippen molar-refractivity contribution >= 4 is 17.5 Å². The zero-order valence-corrected chi connectivity index (χ0v) is 15.0. The smallest absolute Gasteiger partial charge is 0.248 e. The molecule has 0 fully saturated rings. The second-order valence-corrected chi connectivity index (χ2v) is 6.16. The van der Waals surface area contributed by atoms with Gasteiger partial charge in [-0.25, -0.2) is 0 Å². The van der Waals surface area contributed by atoms with Crippen LogP contribution in [0, 0.1) is 0 Å². The summed E-state index contributed by atoms with van der Waals surface area (Å²) in [4.78, 5) is 11.3. The van der Waals surface area contributed by atoms with Gasteiger partial charge >= 0.3 is 0 Å². The predicted octanol–water partition coefficient (Wildman–Crippen LogP) is 4.69. The highest BCUT2D eigenvalue weighted by molar-refractivity contribution is 6.30. The number of carbonyl (C=O) groups excluding carboxylic acids is 1. The number of ether oxygens (including phenoxy) is 2. The SMILES string of the molecule is COc1ccc(COc2cccc(C(N)=O)c2)cc1-c1cccc(Cl)c1. The van der Waals surface area contributed by atoms with Crippen LogP contribution in [0.2, 0.25) is 5.02 Å². The fourth-order valence-electron chi connectivity index (χ4n) is 2.63. The van der Waals surface area contributed by atoms with Crippen LogP contribution < -0.4 is 15.2 Å². The first-order valence-corrected chi connectivity index (χ1v) is 8.40. The van der Waals surface area contributed by atoms with Crippen LogP contribution in [-0.2, 0) is 6.61 Å². The summed E-state index contributed by atoms with van der Waals surface area (Å²) >= 11 is 6.11. The molecule has 5 heteroatoms. The average Bonchev–Trinajstić information content (AvgIpc) is 2.66. The van der Waals surface area contributed by atoms with Crippen LogP contribution in [-0.4, -0.2) is 13.0 Å². The van der Waals surface area contributed by atoms with E-state index in [1.165, 1.54) is 0 Å². The average molecular weight is 368 g/mol. The van der Waals surface area contributed by atoms with Gasteiger partial charge in [0.1, 0.15) is 18.1 Å². The van der Waals surface area contributed by atoms with E-state index in [-0.39, 0.29) is 0 Å². The van der Waals surface area contributed by atoms with E-state index in [2.05, 4.69) is 0 Å². The first-order valence-electron chi connectivity index (χ1n) is 8.02. The van der Waals surface area contributed by atoms with Crippen LogP contribution >= 0.6 is 11.6 Å². The topological polar surface area (TPSA) is 61.6 Å². The standard InChI is InChI=1S/C21H18ClNO3/c1-25-20-9-8-14(10-19(20)15-4-2-6-17(22)11-15)13-26-18-7-3-5-16(12-18)21(23)24/h2-12H,13H2,1H3,(H2,23,24). The zero-order valence-electron chi connectivity index (χ0n) is 14.2. The molecule has 4 nitrogen and oxygen atoms in total. The summed E-state index contributed by atoms with van der Waals surface area (Å²) in [6.45, 7) is 0.347. The number of rotatable bonds is 6. The Labute approximate surface area is 157 Å². The maximum atomic E-state index is 11.3. The summed E-state index contributed by atoms with van der Waals surface area (Å²) in [5.74, 6) is 0.858. The molecule has 0 unspecified atom stereocenters. The summed E-state index contributed by atoms with van der Waals surface area (Å²) in [5, 5.41) is 0.662. The molecule has 0 aliphatic carbocycles. The highest BCUT2D eigenvalue weighted by Crippen LogP contribution is 2.32. The molecular weight excluding hydrogens is 350 g/mol. The quantitative estimate of drug-likeness (QED) is 0.687. The van der Waals surface area contributed by atoms with Gasteiger partial charge in [-0.1, -0.05) is 35.9 Å². The maximum Gasteiger partial charge on any atom is 0.248 e. The summed E-state index contributed by atoms with van der Waals surface area (Å²) in [5.41, 5.74) is 8.57. The van der Waals surface area contributed by atoms with Crippen molar-refractivity contribution in [2.24, 2.45) is 5.73 Å². The monoisotopic (exact) mass is 367 g/mol. The Balaban J connectivity index is 1.84. The van der Waals surface area contributed by atoms with Crippen molar-refractivity contribution in [2.45, 2.75) is 6.61 Å². The predicted molar refractivity (Wildman–Crippen MR) is 103 cm³/mol. The van der Waals surface area contributed by atoms with Crippen molar-refractivity contribution in [3.8, 4) is 22.6 Å². The van der Waals surface area contributed by atoms with Crippen molar-refractivity contribution < 1.29 is 14.3 Å². The molecule has 0 bridgehead atoms. The molecule has 132 valence electrons. The highest BCUT2D eigenvalue weighted by Gasteiger charge is 2.09. The fraction of sp³-hybridized carbons (Fsp3) is 0.0952. The Morgan fingerprint density at radius 1 is 1.04 bits per heavy atom. The van der Waals surface area contributed by atoms with E-state index in [0.717, 1.165) is 22.4 Å². The van der Waals surface area contributed by atoms with E-state index >= 15 is 0 Å². The van der Waals surface area contributed by atoms with Crippen LogP contribution in [0.1, 0.15) is 15.9 Å². The number of amides is 1. The van der Waals surface area contributed by atoms with Gasteiger partial charge in [-0.2, -0.15) is 0 Å². The first kappa shape index (κ1) is 17.8. The van der Waals surface area contributed by atoms with Gasteiger partial charge in [0, 0.05) is 16.1 Å². The lowest BCUT2D eigenvalue weighted by atomic mass is 10.0. The third kappa shape index (κ3) is 4.16. The molecule has 3 aromatic carbocycles. The van der Waals surface area contributed by atoms with Gasteiger partial charge in [-0.05, 0) is 53.6 Å². The molecule has 0 radical (unpaired) electrons. The van der Waals surface area contributed by atoms with E-state index < -0.39 is 5.91 Å². The van der Waals surface area contributed by atoms with Gasteiger partial charge in [-0.15, -0.1) is 0 Å². The molecule has 26 heavy (non-hydrogen) atoms. The van der Waals surface area contributed by atoms with Gasteiger partial charge < -0.3 is 15.2 Å². The summed E-state index contributed by atoms with van der Waals surface area (Å²) in [6.07, 6.45) is 0. The van der Waals surface area contributed by atoms with E-state index in [1.54, 1.807) is 31.4 Å². The normalized spacial score (nSPS) is 10.4. The largest absolute Gasteiger partial charge is 0.496 e. The molecule has 0 aromatic heterocycles. The summed E-state index contributed by atoms with van der Waals surface area (Å²) < 4.78 is 11.3. The van der Waals surface area contributed by atoms with Crippen molar-refractivity contribution in [1.82, 2.24) is 0 Å². The van der Waals surface area contributed by atoms with E-state index in [0.29, 0.717) is 22.9 Å². The maximum absolute atomic E-state index is 11.3. The molecule has 0 saturated carbocycles. The zero-order chi connectivity index (χ0) is 18.5. The van der Waals surface area contributed by atoms with Crippen molar-refractivity contribution in [3.05, 3.63) is 82.9 Å². The fourth-order valence-corrected chi connectivity index (χ4v) is 2.82. The number of nitrogens with two attached hydrogens (primary N) is 1. The minimum absolute atomic E-state index is 0.347. The van der Waals surface area contributed by atoms with Gasteiger partial charge in [-0.3, -0.25) is 4.79 Å². The Bertz CT molecular complexity index is 940. The van der Waals surface area contributed by atoms with Crippen LogP contribution in [0.3, 0.4) is 0 Å². The number of methoxy groups -OCH3 is 1. The van der Waals surface area contributed by atoms with Crippen LogP contribution in [0.25, 0.3) is 11.1 Å². The van der Waals surface area contributed by atoms with Crippen molar-refractivity contribution in [2.75, 3.05) is 7.11 Å². The Morgan fingerprint density at radius 2 is 1.85 bits per heavy atom. The minimum atomic E-state index is -0.483. The molecule has 2 N–H and O–H groups in total. The number of halogens is 1. The lowest BCUT2D eigenvalue weighted by molar-refractivity contribution is 0.1000. The van der Waals surface area contributed by atoms with Gasteiger partial charge in [0.05, 0.1) is 7.11 Å². The number of hydrogen-bond acceptors (Lipinski definition) is 3. The number of primary amides is 1. The molecule has 3 rings (SSSR count). The van der Waals surface area contributed by atoms with Crippen LogP contribution in [0.15, 0.2) is 66.7 Å². The number of carbonyl (C=O) groups is 1. The third-order valence-electron chi connectivity index (χ3n) is 3.92. The van der Waals surface area contributed by atoms with Crippen molar-refractivity contribution in [3.63, 3.8) is 0 Å². The van der Waals surface area contributed by atoms with Gasteiger partial charge in [0.15, 0.2) is 0 Å². The Hall–Kier alpha value is -2.98. The lowest BCUT2D eigenvalue weighted by Gasteiger charge is -2.12. The second kappa shape index (κ2) is 7.93. The van der Waals surface area contributed by atoms with Gasteiger partial charge in [0.25, 0.3) is 0 Å². The molecule has 0 saturated heterocycles. The van der Waals surface area contributed by atoms with Crippen LogP contribution in [0.5, 0.6) is 11.5 Å². The molecule has 0 spiro atoms. The van der Waals surface area contributed by atoms with Gasteiger partial charge in [0.2, 0.25) is 5.91 Å². The highest BCUT2D eigenvalue weighted by atomic mass is 35.5. The number of benzene rings is 3. The molecule has 0 atom stereocenters. The lowest BCUT2D eigenvalue weighted by Crippen LogP contribution is -2.10.